The van der Waals surface area contributed by atoms with Crippen molar-refractivity contribution in [3.8, 4) is 11.5 Å². The number of amides is 1. The van der Waals surface area contributed by atoms with Gasteiger partial charge >= 0.3 is 0 Å². The zero-order chi connectivity index (χ0) is 19.8. The highest BCUT2D eigenvalue weighted by atomic mass is 16.6. The standard InChI is InChI=1S/C20H24N2O5/c1-14(2)13-27-16-6-4-15(5-7-16)10-11-21-20(23)18-12-17(26-3)8-9-19(18)22(24)25/h4-9,12,14H,10-11,13H2,1-3H3,(H,21,23). The van der Waals surface area contributed by atoms with Crippen LogP contribution in [0.4, 0.5) is 5.69 Å². The fourth-order valence-electron chi connectivity index (χ4n) is 2.41. The number of nitrogens with zero attached hydrogens (tertiary/aromatic N) is 1. The second-order valence-electron chi connectivity index (χ2n) is 6.49. The Morgan fingerprint density at radius 3 is 2.41 bits per heavy atom. The molecule has 0 heterocycles. The largest absolute Gasteiger partial charge is 0.497 e. The second kappa shape index (κ2) is 9.56. The van der Waals surface area contributed by atoms with Crippen LogP contribution in [0.15, 0.2) is 42.5 Å². The van der Waals surface area contributed by atoms with E-state index in [1.165, 1.54) is 25.3 Å². The number of carbonyl (C=O) groups excluding carboxylic acids is 1. The third kappa shape index (κ3) is 5.99. The molecular weight excluding hydrogens is 348 g/mol. The van der Waals surface area contributed by atoms with Gasteiger partial charge in [0.05, 0.1) is 18.6 Å². The highest BCUT2D eigenvalue weighted by Gasteiger charge is 2.20. The Morgan fingerprint density at radius 1 is 1.15 bits per heavy atom. The first kappa shape index (κ1) is 20.2. The van der Waals surface area contributed by atoms with Gasteiger partial charge in [0.2, 0.25) is 0 Å². The van der Waals surface area contributed by atoms with Crippen molar-refractivity contribution in [2.45, 2.75) is 20.3 Å². The first-order chi connectivity index (χ1) is 12.9. The molecule has 2 rings (SSSR count). The predicted molar refractivity (Wildman–Crippen MR) is 102 cm³/mol. The molecule has 0 radical (unpaired) electrons. The van der Waals surface area contributed by atoms with Crippen LogP contribution in [-0.2, 0) is 6.42 Å². The normalized spacial score (nSPS) is 10.5. The van der Waals surface area contributed by atoms with Crippen molar-refractivity contribution in [1.82, 2.24) is 5.32 Å². The molecule has 0 aromatic heterocycles. The van der Waals surface area contributed by atoms with E-state index in [1.54, 1.807) is 0 Å². The fraction of sp³-hybridized carbons (Fsp3) is 0.350. The number of nitro groups is 1. The Kier molecular flexibility index (Phi) is 7.16. The average Bonchev–Trinajstić information content (AvgIpc) is 2.66. The lowest BCUT2D eigenvalue weighted by molar-refractivity contribution is -0.385. The average molecular weight is 372 g/mol. The predicted octanol–water partition coefficient (Wildman–Crippen LogP) is 3.61. The molecule has 0 aliphatic heterocycles. The van der Waals surface area contributed by atoms with Crippen molar-refractivity contribution in [3.63, 3.8) is 0 Å². The SMILES string of the molecule is COc1ccc([N+](=O)[O-])c(C(=O)NCCc2ccc(OCC(C)C)cc2)c1. The minimum absolute atomic E-state index is 0.0169. The van der Waals surface area contributed by atoms with Gasteiger partial charge < -0.3 is 14.8 Å². The molecule has 0 fully saturated rings. The van der Waals surface area contributed by atoms with Crippen molar-refractivity contribution in [3.05, 3.63) is 63.7 Å². The first-order valence-electron chi connectivity index (χ1n) is 8.73. The van der Waals surface area contributed by atoms with Crippen LogP contribution >= 0.6 is 0 Å². The van der Waals surface area contributed by atoms with Crippen LogP contribution in [0.1, 0.15) is 29.8 Å². The molecule has 0 bridgehead atoms. The van der Waals surface area contributed by atoms with Crippen LogP contribution < -0.4 is 14.8 Å². The number of hydrogen-bond acceptors (Lipinski definition) is 5. The maximum atomic E-state index is 12.3. The third-order valence-electron chi connectivity index (χ3n) is 3.85. The molecule has 0 saturated heterocycles. The van der Waals surface area contributed by atoms with E-state index in [9.17, 15) is 14.9 Å². The molecule has 7 heteroatoms. The van der Waals surface area contributed by atoms with Gasteiger partial charge in [-0.05, 0) is 42.2 Å². The molecule has 0 saturated carbocycles. The summed E-state index contributed by atoms with van der Waals surface area (Å²) in [5, 5.41) is 13.8. The maximum absolute atomic E-state index is 12.3. The highest BCUT2D eigenvalue weighted by molar-refractivity contribution is 5.98. The quantitative estimate of drug-likeness (QED) is 0.536. The number of rotatable bonds is 9. The summed E-state index contributed by atoms with van der Waals surface area (Å²) >= 11 is 0. The molecule has 0 atom stereocenters. The van der Waals surface area contributed by atoms with Crippen LogP contribution in [0.5, 0.6) is 11.5 Å². The van der Waals surface area contributed by atoms with Gasteiger partial charge in [-0.1, -0.05) is 26.0 Å². The zero-order valence-electron chi connectivity index (χ0n) is 15.7. The lowest BCUT2D eigenvalue weighted by Crippen LogP contribution is -2.26. The lowest BCUT2D eigenvalue weighted by Gasteiger charge is -2.10. The molecule has 144 valence electrons. The summed E-state index contributed by atoms with van der Waals surface area (Å²) in [5.41, 5.74) is 0.768. The van der Waals surface area contributed by atoms with Crippen molar-refractivity contribution in [2.75, 3.05) is 20.3 Å². The third-order valence-corrected chi connectivity index (χ3v) is 3.85. The molecule has 0 unspecified atom stereocenters. The van der Waals surface area contributed by atoms with Gasteiger partial charge in [0.15, 0.2) is 0 Å². The second-order valence-corrected chi connectivity index (χ2v) is 6.49. The van der Waals surface area contributed by atoms with Crippen molar-refractivity contribution >= 4 is 11.6 Å². The lowest BCUT2D eigenvalue weighted by atomic mass is 10.1. The van der Waals surface area contributed by atoms with E-state index >= 15 is 0 Å². The van der Waals surface area contributed by atoms with E-state index in [2.05, 4.69) is 19.2 Å². The number of nitro benzene ring substituents is 1. The Morgan fingerprint density at radius 2 is 1.81 bits per heavy atom. The molecule has 7 nitrogen and oxygen atoms in total. The zero-order valence-corrected chi connectivity index (χ0v) is 15.7. The van der Waals surface area contributed by atoms with E-state index < -0.39 is 10.8 Å². The molecule has 1 N–H and O–H groups in total. The summed E-state index contributed by atoms with van der Waals surface area (Å²) in [6.07, 6.45) is 0.605. The summed E-state index contributed by atoms with van der Waals surface area (Å²) in [6, 6.07) is 11.8. The van der Waals surface area contributed by atoms with Crippen molar-refractivity contribution in [2.24, 2.45) is 5.92 Å². The Labute approximate surface area is 158 Å². The number of hydrogen-bond donors (Lipinski definition) is 1. The van der Waals surface area contributed by atoms with Gasteiger partial charge in [-0.2, -0.15) is 0 Å². The summed E-state index contributed by atoms with van der Waals surface area (Å²) in [7, 11) is 1.44. The van der Waals surface area contributed by atoms with Gasteiger partial charge in [0.1, 0.15) is 17.1 Å². The topological polar surface area (TPSA) is 90.7 Å². The van der Waals surface area contributed by atoms with Gasteiger partial charge in [-0.15, -0.1) is 0 Å². The molecule has 0 aliphatic rings. The summed E-state index contributed by atoms with van der Waals surface area (Å²) in [4.78, 5) is 22.9. The van der Waals surface area contributed by atoms with Gasteiger partial charge in [-0.3, -0.25) is 14.9 Å². The fourth-order valence-corrected chi connectivity index (χ4v) is 2.41. The van der Waals surface area contributed by atoms with Gasteiger partial charge in [0.25, 0.3) is 11.6 Å². The van der Waals surface area contributed by atoms with Crippen LogP contribution in [-0.4, -0.2) is 31.1 Å². The minimum Gasteiger partial charge on any atom is -0.497 e. The molecule has 2 aromatic carbocycles. The van der Waals surface area contributed by atoms with E-state index in [-0.39, 0.29) is 11.3 Å². The monoisotopic (exact) mass is 372 g/mol. The molecule has 0 spiro atoms. The van der Waals surface area contributed by atoms with E-state index in [0.717, 1.165) is 11.3 Å². The smallest absolute Gasteiger partial charge is 0.282 e. The Hall–Kier alpha value is -3.09. The summed E-state index contributed by atoms with van der Waals surface area (Å²) < 4.78 is 10.7. The van der Waals surface area contributed by atoms with Crippen LogP contribution in [0, 0.1) is 16.0 Å². The number of nitrogens with one attached hydrogen (secondary N) is 1. The maximum Gasteiger partial charge on any atom is 0.282 e. The number of carbonyl (C=O) groups is 1. The van der Waals surface area contributed by atoms with E-state index in [4.69, 9.17) is 9.47 Å². The van der Waals surface area contributed by atoms with Crippen LogP contribution in [0.25, 0.3) is 0 Å². The highest BCUT2D eigenvalue weighted by Crippen LogP contribution is 2.23. The van der Waals surface area contributed by atoms with Crippen molar-refractivity contribution < 1.29 is 19.2 Å². The van der Waals surface area contributed by atoms with Crippen molar-refractivity contribution in [1.29, 1.82) is 0 Å². The number of ether oxygens (including phenoxy) is 2. The van der Waals surface area contributed by atoms with Crippen LogP contribution in [0.3, 0.4) is 0 Å². The Bertz CT molecular complexity index is 787. The molecule has 2 aromatic rings. The number of benzene rings is 2. The summed E-state index contributed by atoms with van der Waals surface area (Å²) in [6.45, 7) is 5.20. The molecule has 27 heavy (non-hydrogen) atoms. The van der Waals surface area contributed by atoms with Crippen LogP contribution in [0.2, 0.25) is 0 Å². The van der Waals surface area contributed by atoms with Gasteiger partial charge in [0, 0.05) is 12.6 Å². The molecule has 1 amide bonds. The Balaban J connectivity index is 1.93. The van der Waals surface area contributed by atoms with E-state index in [1.807, 2.05) is 24.3 Å². The van der Waals surface area contributed by atoms with Gasteiger partial charge in [-0.25, -0.2) is 0 Å². The number of methoxy groups -OCH3 is 1. The van der Waals surface area contributed by atoms with E-state index in [0.29, 0.717) is 31.2 Å². The molecule has 0 aliphatic carbocycles. The summed E-state index contributed by atoms with van der Waals surface area (Å²) in [5.74, 6) is 1.16. The minimum atomic E-state index is -0.579. The first-order valence-corrected chi connectivity index (χ1v) is 8.73. The molecular formula is C20H24N2O5.